The first-order valence-electron chi connectivity index (χ1n) is 11.9. The van der Waals surface area contributed by atoms with Crippen molar-refractivity contribution in [3.63, 3.8) is 0 Å². The normalized spacial score (nSPS) is 25.2. The molecule has 1 fully saturated rings. The number of likely N-dealkylation sites (N-methyl/N-ethyl adjacent to an activating group) is 1. The third-order valence-electron chi connectivity index (χ3n) is 6.92. The van der Waals surface area contributed by atoms with E-state index in [1.807, 2.05) is 13.8 Å². The fraction of sp³-hybridized carbons (Fsp3) is 0.440. The third-order valence-corrected chi connectivity index (χ3v) is 8.03. The van der Waals surface area contributed by atoms with E-state index < -0.39 is 33.5 Å². The van der Waals surface area contributed by atoms with Gasteiger partial charge in [0.1, 0.15) is 6.10 Å². The zero-order valence-electron chi connectivity index (χ0n) is 20.5. The highest BCUT2D eigenvalue weighted by atomic mass is 32.2. The molecule has 2 aliphatic heterocycles. The predicted molar refractivity (Wildman–Crippen MR) is 129 cm³/mol. The number of halogens is 4. The number of nitrogens with one attached hydrogen (secondary N) is 2. The van der Waals surface area contributed by atoms with E-state index in [4.69, 9.17) is 4.74 Å². The van der Waals surface area contributed by atoms with Crippen LogP contribution in [-0.4, -0.2) is 50.5 Å². The van der Waals surface area contributed by atoms with Gasteiger partial charge in [0.2, 0.25) is 5.91 Å². The number of carbonyl (C=O) groups excluding carboxylic acids is 1. The molecule has 1 radical (unpaired) electrons. The van der Waals surface area contributed by atoms with Crippen LogP contribution in [0.25, 0.3) is 0 Å². The summed E-state index contributed by atoms with van der Waals surface area (Å²) in [4.78, 5) is 14.0. The van der Waals surface area contributed by atoms with Crippen molar-refractivity contribution in [3.8, 4) is 5.75 Å². The van der Waals surface area contributed by atoms with Gasteiger partial charge in [0.25, 0.3) is 0 Å². The maximum Gasteiger partial charge on any atom is 0.516 e. The number of ether oxygens (including phenoxy) is 1. The highest BCUT2D eigenvalue weighted by Crippen LogP contribution is 2.39. The molecule has 0 saturated carbocycles. The number of nitrogens with zero attached hydrogens (tertiary/aromatic N) is 1. The SMILES string of the molecule is CCC(C)c1cccc(OC2[CH]C=C(NS(=O)(=O)C(F)(F)F)C=C2C2=CN(C)C(=O)C3NCCC23)c1F. The van der Waals surface area contributed by atoms with E-state index in [-0.39, 0.29) is 29.2 Å². The lowest BCUT2D eigenvalue weighted by molar-refractivity contribution is -0.130. The van der Waals surface area contributed by atoms with Crippen molar-refractivity contribution in [2.24, 2.45) is 5.92 Å². The number of hydrogen-bond donors (Lipinski definition) is 2. The number of sulfonamides is 1. The maximum absolute atomic E-state index is 15.3. The quantitative estimate of drug-likeness (QED) is 0.511. The van der Waals surface area contributed by atoms with Crippen molar-refractivity contribution in [1.82, 2.24) is 14.9 Å². The zero-order chi connectivity index (χ0) is 27.1. The van der Waals surface area contributed by atoms with Gasteiger partial charge < -0.3 is 15.0 Å². The fourth-order valence-electron chi connectivity index (χ4n) is 4.75. The van der Waals surface area contributed by atoms with Crippen molar-refractivity contribution in [2.45, 2.75) is 50.3 Å². The summed E-state index contributed by atoms with van der Waals surface area (Å²) in [6.45, 7) is 4.36. The molecule has 201 valence electrons. The first-order valence-corrected chi connectivity index (χ1v) is 13.4. The molecule has 1 aromatic carbocycles. The van der Waals surface area contributed by atoms with Gasteiger partial charge in [-0.3, -0.25) is 9.52 Å². The van der Waals surface area contributed by atoms with Gasteiger partial charge in [-0.1, -0.05) is 32.1 Å². The van der Waals surface area contributed by atoms with E-state index in [2.05, 4.69) is 5.32 Å². The Morgan fingerprint density at radius 3 is 2.68 bits per heavy atom. The average molecular weight is 543 g/mol. The summed E-state index contributed by atoms with van der Waals surface area (Å²) in [6, 6.07) is 4.25. The second kappa shape index (κ2) is 10.1. The third kappa shape index (κ3) is 5.26. The molecule has 1 aromatic rings. The van der Waals surface area contributed by atoms with Crippen molar-refractivity contribution in [3.05, 3.63) is 71.2 Å². The second-order valence-electron chi connectivity index (χ2n) is 9.33. The van der Waals surface area contributed by atoms with E-state index >= 15 is 4.39 Å². The molecule has 12 heteroatoms. The van der Waals surface area contributed by atoms with Gasteiger partial charge in [0.15, 0.2) is 11.6 Å². The van der Waals surface area contributed by atoms with E-state index in [0.29, 0.717) is 36.1 Å². The average Bonchev–Trinajstić information content (AvgIpc) is 3.32. The van der Waals surface area contributed by atoms with E-state index in [0.717, 1.165) is 6.08 Å². The van der Waals surface area contributed by atoms with Gasteiger partial charge >= 0.3 is 15.5 Å². The minimum Gasteiger partial charge on any atom is -0.482 e. The summed E-state index contributed by atoms with van der Waals surface area (Å²) in [5.74, 6) is -1.13. The number of hydrogen-bond acceptors (Lipinski definition) is 5. The van der Waals surface area contributed by atoms with Crippen LogP contribution < -0.4 is 14.8 Å². The summed E-state index contributed by atoms with van der Waals surface area (Å²) in [5, 5.41) is 3.13. The van der Waals surface area contributed by atoms with Crippen LogP contribution >= 0.6 is 0 Å². The lowest BCUT2D eigenvalue weighted by Gasteiger charge is -2.35. The lowest BCUT2D eigenvalue weighted by Crippen LogP contribution is -2.47. The Labute approximate surface area is 213 Å². The Morgan fingerprint density at radius 1 is 1.27 bits per heavy atom. The van der Waals surface area contributed by atoms with Gasteiger partial charge in [-0.15, -0.1) is 0 Å². The monoisotopic (exact) mass is 542 g/mol. The standard InChI is InChI=1S/C25H28F4N3O4S/c1-4-14(2)16-6-5-7-21(22(16)26)36-20-9-8-15(31-37(34,35)25(27,28)29)12-18(20)19-13-32(3)24(33)23-17(19)10-11-30-23/h5-9,12-14,17,20,23,30-31H,4,10-11H2,1-3H3. The minimum atomic E-state index is -5.67. The van der Waals surface area contributed by atoms with Gasteiger partial charge in [0, 0.05) is 36.9 Å². The van der Waals surface area contributed by atoms with E-state index in [9.17, 15) is 26.4 Å². The van der Waals surface area contributed by atoms with Crippen LogP contribution in [0.1, 0.15) is 38.2 Å². The number of amides is 1. The predicted octanol–water partition coefficient (Wildman–Crippen LogP) is 3.89. The van der Waals surface area contributed by atoms with Gasteiger partial charge in [-0.25, -0.2) is 4.39 Å². The van der Waals surface area contributed by atoms with Crippen LogP contribution in [0.15, 0.2) is 53.4 Å². The number of benzene rings is 1. The molecular formula is C25H28F4N3O4S. The highest BCUT2D eigenvalue weighted by molar-refractivity contribution is 7.90. The Kier molecular flexibility index (Phi) is 7.44. The molecule has 4 rings (SSSR count). The summed E-state index contributed by atoms with van der Waals surface area (Å²) in [7, 11) is -4.11. The molecule has 1 saturated heterocycles. The molecule has 1 aliphatic carbocycles. The van der Waals surface area contributed by atoms with Crippen molar-refractivity contribution in [1.29, 1.82) is 0 Å². The second-order valence-corrected chi connectivity index (χ2v) is 11.0. The molecule has 37 heavy (non-hydrogen) atoms. The van der Waals surface area contributed by atoms with Gasteiger partial charge in [-0.2, -0.15) is 21.6 Å². The molecule has 1 amide bonds. The topological polar surface area (TPSA) is 87.7 Å². The Hall–Kier alpha value is -2.86. The molecule has 0 aromatic heterocycles. The van der Waals surface area contributed by atoms with Crippen molar-refractivity contribution >= 4 is 15.9 Å². The summed E-state index contributed by atoms with van der Waals surface area (Å²) >= 11 is 0. The Bertz CT molecular complexity index is 1270. The van der Waals surface area contributed by atoms with Crippen molar-refractivity contribution in [2.75, 3.05) is 13.6 Å². The Balaban J connectivity index is 1.74. The first-order chi connectivity index (χ1) is 17.3. The molecule has 0 spiro atoms. The number of fused-ring (bicyclic) bond motifs is 1. The molecular weight excluding hydrogens is 514 g/mol. The summed E-state index contributed by atoms with van der Waals surface area (Å²) < 4.78 is 85.5. The number of carbonyl (C=O) groups is 1. The lowest BCUT2D eigenvalue weighted by atomic mass is 9.80. The molecule has 0 bridgehead atoms. The molecule has 4 unspecified atom stereocenters. The summed E-state index contributed by atoms with van der Waals surface area (Å²) in [6.07, 6.45) is 5.66. The van der Waals surface area contributed by atoms with Crippen molar-refractivity contribution < 1.29 is 35.5 Å². The molecule has 2 heterocycles. The number of rotatable bonds is 7. The first kappa shape index (κ1) is 27.2. The van der Waals surface area contributed by atoms with Gasteiger partial charge in [-0.05, 0) is 48.6 Å². The van der Waals surface area contributed by atoms with Crippen LogP contribution in [0.4, 0.5) is 17.6 Å². The van der Waals surface area contributed by atoms with E-state index in [1.54, 1.807) is 30.1 Å². The van der Waals surface area contributed by atoms with Crippen LogP contribution in [0, 0.1) is 18.2 Å². The van der Waals surface area contributed by atoms with Crippen LogP contribution in [0.3, 0.4) is 0 Å². The Morgan fingerprint density at radius 2 is 2.00 bits per heavy atom. The number of allylic oxidation sites excluding steroid dienone is 1. The largest absolute Gasteiger partial charge is 0.516 e. The molecule has 3 aliphatic rings. The number of alkyl halides is 3. The van der Waals surface area contributed by atoms with Crippen LogP contribution in [0.2, 0.25) is 0 Å². The van der Waals surface area contributed by atoms with Crippen LogP contribution in [0.5, 0.6) is 5.75 Å². The molecule has 4 atom stereocenters. The van der Waals surface area contributed by atoms with Gasteiger partial charge in [0.05, 0.1) is 6.04 Å². The van der Waals surface area contributed by atoms with Crippen LogP contribution in [-0.2, 0) is 14.8 Å². The smallest absolute Gasteiger partial charge is 0.482 e. The maximum atomic E-state index is 15.3. The summed E-state index contributed by atoms with van der Waals surface area (Å²) in [5.41, 5.74) is -4.45. The highest BCUT2D eigenvalue weighted by Gasteiger charge is 2.47. The fourth-order valence-corrected chi connectivity index (χ4v) is 5.30. The molecule has 2 N–H and O–H groups in total. The zero-order valence-corrected chi connectivity index (χ0v) is 21.3. The van der Waals surface area contributed by atoms with E-state index in [1.165, 1.54) is 23.5 Å². The molecule has 7 nitrogen and oxygen atoms in total. The minimum absolute atomic E-state index is 0.0420.